The molecule has 2 aliphatic rings. The Balaban J connectivity index is 1.65. The van der Waals surface area contributed by atoms with E-state index in [0.29, 0.717) is 12.6 Å². The number of alkyl halides is 6. The van der Waals surface area contributed by atoms with Gasteiger partial charge in [-0.1, -0.05) is 43.2 Å². The van der Waals surface area contributed by atoms with Crippen molar-refractivity contribution in [1.82, 2.24) is 10.5 Å². The molecule has 2 aromatic rings. The van der Waals surface area contributed by atoms with Crippen LogP contribution < -0.4 is 10.2 Å². The molecule has 0 bridgehead atoms. The van der Waals surface area contributed by atoms with Crippen LogP contribution in [0, 0.1) is 0 Å². The van der Waals surface area contributed by atoms with E-state index in [1.165, 1.54) is 0 Å². The molecule has 2 fully saturated rings. The van der Waals surface area contributed by atoms with Gasteiger partial charge in [0.15, 0.2) is 6.61 Å². The maximum absolute atomic E-state index is 13.3. The van der Waals surface area contributed by atoms with Crippen LogP contribution in [0.5, 0.6) is 5.88 Å². The maximum atomic E-state index is 13.3. The summed E-state index contributed by atoms with van der Waals surface area (Å²) in [6.45, 7) is -1.65. The smallest absolute Gasteiger partial charge is 0.422 e. The van der Waals surface area contributed by atoms with Crippen LogP contribution in [0.25, 0.3) is 0 Å². The number of aromatic nitrogens is 1. The van der Waals surface area contributed by atoms with Gasteiger partial charge in [-0.3, -0.25) is 4.84 Å². The molecular formula is C22H22F6N2O2. The summed E-state index contributed by atoms with van der Waals surface area (Å²) >= 11 is 0. The van der Waals surface area contributed by atoms with E-state index >= 15 is 0 Å². The van der Waals surface area contributed by atoms with Gasteiger partial charge in [0.05, 0.1) is 17.2 Å². The highest BCUT2D eigenvalue weighted by Crippen LogP contribution is 2.51. The zero-order valence-electron chi connectivity index (χ0n) is 17.0. The summed E-state index contributed by atoms with van der Waals surface area (Å²) in [5.74, 6) is -0.478. The van der Waals surface area contributed by atoms with Crippen molar-refractivity contribution in [3.8, 4) is 5.88 Å². The first-order valence-electron chi connectivity index (χ1n) is 10.3. The lowest BCUT2D eigenvalue weighted by Gasteiger charge is -2.40. The molecule has 0 unspecified atom stereocenters. The summed E-state index contributed by atoms with van der Waals surface area (Å²) in [7, 11) is 0. The Labute approximate surface area is 180 Å². The Hall–Kier alpha value is -2.33. The second-order valence-corrected chi connectivity index (χ2v) is 8.27. The van der Waals surface area contributed by atoms with Crippen molar-refractivity contribution in [1.29, 1.82) is 0 Å². The number of rotatable bonds is 4. The second-order valence-electron chi connectivity index (χ2n) is 8.27. The van der Waals surface area contributed by atoms with Crippen LogP contribution in [0.15, 0.2) is 42.6 Å². The molecule has 1 aliphatic carbocycles. The summed E-state index contributed by atoms with van der Waals surface area (Å²) in [6.07, 6.45) is -5.18. The minimum absolute atomic E-state index is 0.00764. The van der Waals surface area contributed by atoms with Gasteiger partial charge in [0.25, 0.3) is 0 Å². The normalized spacial score (nSPS) is 26.4. The van der Waals surface area contributed by atoms with E-state index in [1.807, 2.05) is 30.3 Å². The standard InChI is InChI=1S/C22H22F6N2O2/c23-21(24,25)13-31-19-16(10-15(12-29-19)22(26,27)28)18-11-20(32-30-18)9-5-4-8-17(20)14-6-2-1-3-7-14/h1-3,6-7,10,12,17-18,30H,4-5,8-9,11,13H2/t17-,18+,20+/m0/s1. The highest BCUT2D eigenvalue weighted by atomic mass is 19.4. The Morgan fingerprint density at radius 3 is 2.53 bits per heavy atom. The van der Waals surface area contributed by atoms with Crippen LogP contribution >= 0.6 is 0 Å². The van der Waals surface area contributed by atoms with Crippen LogP contribution in [-0.2, 0) is 11.0 Å². The molecule has 1 aromatic heterocycles. The third-order valence-electron chi connectivity index (χ3n) is 6.09. The monoisotopic (exact) mass is 460 g/mol. The van der Waals surface area contributed by atoms with Crippen LogP contribution in [0.4, 0.5) is 26.3 Å². The highest BCUT2D eigenvalue weighted by Gasteiger charge is 2.50. The van der Waals surface area contributed by atoms with E-state index in [-0.39, 0.29) is 17.9 Å². The quantitative estimate of drug-likeness (QED) is 0.560. The molecule has 0 amide bonds. The van der Waals surface area contributed by atoms with E-state index in [0.717, 1.165) is 30.9 Å². The third-order valence-corrected chi connectivity index (χ3v) is 6.09. The summed E-state index contributed by atoms with van der Waals surface area (Å²) in [5.41, 5.74) is 2.00. The van der Waals surface area contributed by atoms with E-state index < -0.39 is 42.0 Å². The van der Waals surface area contributed by atoms with Crippen LogP contribution in [0.3, 0.4) is 0 Å². The zero-order valence-corrected chi connectivity index (χ0v) is 17.0. The Kier molecular flexibility index (Phi) is 6.10. The second kappa shape index (κ2) is 8.55. The average Bonchev–Trinajstić information content (AvgIpc) is 3.16. The Morgan fingerprint density at radius 1 is 1.09 bits per heavy atom. The molecule has 2 heterocycles. The van der Waals surface area contributed by atoms with Gasteiger partial charge >= 0.3 is 12.4 Å². The molecule has 174 valence electrons. The lowest BCUT2D eigenvalue weighted by atomic mass is 9.69. The van der Waals surface area contributed by atoms with Gasteiger partial charge in [-0.05, 0) is 24.5 Å². The molecule has 4 nitrogen and oxygen atoms in total. The number of hydrogen-bond acceptors (Lipinski definition) is 4. The molecule has 10 heteroatoms. The first-order chi connectivity index (χ1) is 15.1. The minimum Gasteiger partial charge on any atom is -0.468 e. The van der Waals surface area contributed by atoms with Crippen molar-refractivity contribution in [2.24, 2.45) is 0 Å². The summed E-state index contributed by atoms with van der Waals surface area (Å²) in [4.78, 5) is 9.57. The molecular weight excluding hydrogens is 438 g/mol. The molecule has 1 aromatic carbocycles. The van der Waals surface area contributed by atoms with Gasteiger partial charge in [-0.15, -0.1) is 0 Å². The fraction of sp³-hybridized carbons (Fsp3) is 0.500. The zero-order chi connectivity index (χ0) is 23.0. The molecule has 1 saturated heterocycles. The van der Waals surface area contributed by atoms with E-state index in [2.05, 4.69) is 10.5 Å². The molecule has 32 heavy (non-hydrogen) atoms. The van der Waals surface area contributed by atoms with Crippen LogP contribution in [0.1, 0.15) is 60.8 Å². The SMILES string of the molecule is FC(F)(F)COc1ncc(C(F)(F)F)cc1[C@H]1C[C@@]2(CCCC[C@H]2c2ccccc2)ON1. The predicted octanol–water partition coefficient (Wildman–Crippen LogP) is 6.10. The van der Waals surface area contributed by atoms with Crippen LogP contribution in [0.2, 0.25) is 0 Å². The van der Waals surface area contributed by atoms with Gasteiger partial charge in [-0.25, -0.2) is 4.98 Å². The van der Waals surface area contributed by atoms with Crippen molar-refractivity contribution in [2.45, 2.75) is 62.0 Å². The summed E-state index contributed by atoms with van der Waals surface area (Å²) < 4.78 is 82.6. The minimum atomic E-state index is -4.70. The van der Waals surface area contributed by atoms with E-state index in [1.54, 1.807) is 0 Å². The van der Waals surface area contributed by atoms with Gasteiger partial charge < -0.3 is 4.74 Å². The fourth-order valence-corrected chi connectivity index (χ4v) is 4.67. The van der Waals surface area contributed by atoms with E-state index in [4.69, 9.17) is 9.57 Å². The first-order valence-corrected chi connectivity index (χ1v) is 10.3. The summed E-state index contributed by atoms with van der Waals surface area (Å²) in [6, 6.07) is 9.69. The number of benzene rings is 1. The number of hydroxylamine groups is 1. The lowest BCUT2D eigenvalue weighted by molar-refractivity contribution is -0.154. The summed E-state index contributed by atoms with van der Waals surface area (Å²) in [5, 5.41) is 0. The third kappa shape index (κ3) is 4.85. The number of nitrogens with one attached hydrogen (secondary N) is 1. The van der Waals surface area contributed by atoms with Crippen molar-refractivity contribution < 1.29 is 35.9 Å². The van der Waals surface area contributed by atoms with Crippen LogP contribution in [-0.4, -0.2) is 23.4 Å². The largest absolute Gasteiger partial charge is 0.468 e. The number of ether oxygens (including phenoxy) is 1. The fourth-order valence-electron chi connectivity index (χ4n) is 4.67. The van der Waals surface area contributed by atoms with Gasteiger partial charge in [0, 0.05) is 24.1 Å². The first kappa shape index (κ1) is 22.8. The molecule has 4 rings (SSSR count). The predicted molar refractivity (Wildman–Crippen MR) is 103 cm³/mol. The number of hydrogen-bond donors (Lipinski definition) is 1. The van der Waals surface area contributed by atoms with Crippen molar-refractivity contribution >= 4 is 0 Å². The number of pyridine rings is 1. The Morgan fingerprint density at radius 2 is 1.84 bits per heavy atom. The Bertz CT molecular complexity index is 934. The van der Waals surface area contributed by atoms with Gasteiger partial charge in [0.2, 0.25) is 5.88 Å². The molecule has 1 spiro atoms. The van der Waals surface area contributed by atoms with Crippen molar-refractivity contribution in [3.05, 3.63) is 59.3 Å². The van der Waals surface area contributed by atoms with Crippen molar-refractivity contribution in [2.75, 3.05) is 6.61 Å². The topological polar surface area (TPSA) is 43.4 Å². The maximum Gasteiger partial charge on any atom is 0.422 e. The number of halogens is 6. The highest BCUT2D eigenvalue weighted by molar-refractivity contribution is 5.36. The molecule has 3 atom stereocenters. The van der Waals surface area contributed by atoms with Gasteiger partial charge in [0.1, 0.15) is 0 Å². The molecule has 0 radical (unpaired) electrons. The molecule has 1 aliphatic heterocycles. The average molecular weight is 460 g/mol. The van der Waals surface area contributed by atoms with E-state index in [9.17, 15) is 26.3 Å². The lowest BCUT2D eigenvalue weighted by Crippen LogP contribution is -2.39. The molecule has 1 N–H and O–H groups in total. The molecule has 1 saturated carbocycles. The number of nitrogens with zero attached hydrogens (tertiary/aromatic N) is 1. The van der Waals surface area contributed by atoms with Gasteiger partial charge in [-0.2, -0.15) is 31.8 Å². The van der Waals surface area contributed by atoms with Crippen molar-refractivity contribution in [3.63, 3.8) is 0 Å².